The zero-order valence-electron chi connectivity index (χ0n) is 9.12. The molecule has 1 aliphatic rings. The Hall–Kier alpha value is -1.02. The maximum absolute atomic E-state index is 3.35. The molecule has 1 aromatic rings. The van der Waals surface area contributed by atoms with E-state index in [0.717, 1.165) is 0 Å². The van der Waals surface area contributed by atoms with Gasteiger partial charge in [0.2, 0.25) is 0 Å². The summed E-state index contributed by atoms with van der Waals surface area (Å²) >= 11 is 0. The van der Waals surface area contributed by atoms with Crippen LogP contribution in [0.5, 0.6) is 0 Å². The first kappa shape index (κ1) is 9.53. The fraction of sp³-hybridized carbons (Fsp3) is 0.500. The average Bonchev–Trinajstić information content (AvgIpc) is 2.23. The van der Waals surface area contributed by atoms with Crippen molar-refractivity contribution < 1.29 is 0 Å². The lowest BCUT2D eigenvalue weighted by molar-refractivity contribution is 0.454. The molecule has 0 aromatic heterocycles. The molecule has 1 heterocycles. The quantitative estimate of drug-likeness (QED) is 0.730. The third-order valence-electron chi connectivity index (χ3n) is 3.23. The van der Waals surface area contributed by atoms with E-state index < -0.39 is 0 Å². The van der Waals surface area contributed by atoms with E-state index >= 15 is 0 Å². The molecule has 76 valence electrons. The average molecular weight is 190 g/mol. The van der Waals surface area contributed by atoms with Crippen molar-refractivity contribution in [2.24, 2.45) is 0 Å². The number of nitrogens with one attached hydrogen (secondary N) is 1. The summed E-state index contributed by atoms with van der Waals surface area (Å²) in [5.41, 5.74) is 2.84. The molecule has 2 nitrogen and oxygen atoms in total. The lowest BCUT2D eigenvalue weighted by atomic mass is 9.90. The van der Waals surface area contributed by atoms with E-state index in [1.807, 2.05) is 7.05 Å². The molecular formula is C12H18N2. The summed E-state index contributed by atoms with van der Waals surface area (Å²) in [4.78, 5) is 2.33. The molecule has 1 N–H and O–H groups in total. The van der Waals surface area contributed by atoms with Crippen LogP contribution in [0.4, 0.5) is 5.69 Å². The van der Waals surface area contributed by atoms with E-state index in [9.17, 15) is 0 Å². The number of rotatable bonds is 1. The normalized spacial score (nSPS) is 26.1. The number of hydrogen-bond acceptors (Lipinski definition) is 2. The van der Waals surface area contributed by atoms with E-state index in [0.29, 0.717) is 12.1 Å². The number of nitrogens with zero attached hydrogens (tertiary/aromatic N) is 1. The molecule has 0 spiro atoms. The molecule has 2 unspecified atom stereocenters. The summed E-state index contributed by atoms with van der Waals surface area (Å²) in [5, 5.41) is 3.35. The van der Waals surface area contributed by atoms with Gasteiger partial charge in [0.1, 0.15) is 0 Å². The molecule has 2 heteroatoms. The van der Waals surface area contributed by atoms with E-state index in [-0.39, 0.29) is 0 Å². The van der Waals surface area contributed by atoms with Crippen molar-refractivity contribution in [1.82, 2.24) is 5.32 Å². The topological polar surface area (TPSA) is 15.3 Å². The molecule has 0 fully saturated rings. The van der Waals surface area contributed by atoms with Crippen molar-refractivity contribution in [2.45, 2.75) is 25.4 Å². The Labute approximate surface area is 85.9 Å². The largest absolute Gasteiger partial charge is 0.359 e. The van der Waals surface area contributed by atoms with Crippen molar-refractivity contribution in [1.29, 1.82) is 0 Å². The van der Waals surface area contributed by atoms with Gasteiger partial charge in [0.15, 0.2) is 0 Å². The van der Waals surface area contributed by atoms with Crippen LogP contribution >= 0.6 is 0 Å². The Kier molecular flexibility index (Phi) is 2.46. The lowest BCUT2D eigenvalue weighted by Crippen LogP contribution is -2.45. The molecule has 2 rings (SSSR count). The molecule has 0 radical (unpaired) electrons. The van der Waals surface area contributed by atoms with Gasteiger partial charge in [0, 0.05) is 12.7 Å². The van der Waals surface area contributed by atoms with Gasteiger partial charge in [0.25, 0.3) is 0 Å². The third-order valence-corrected chi connectivity index (χ3v) is 3.23. The van der Waals surface area contributed by atoms with Crippen LogP contribution in [0.2, 0.25) is 0 Å². The van der Waals surface area contributed by atoms with Crippen molar-refractivity contribution in [3.63, 3.8) is 0 Å². The van der Waals surface area contributed by atoms with Gasteiger partial charge in [-0.25, -0.2) is 0 Å². The molecule has 2 atom stereocenters. The van der Waals surface area contributed by atoms with Crippen molar-refractivity contribution >= 4 is 5.69 Å². The lowest BCUT2D eigenvalue weighted by Gasteiger charge is -2.38. The number of fused-ring (bicyclic) bond motifs is 1. The Balaban J connectivity index is 2.41. The van der Waals surface area contributed by atoms with Gasteiger partial charge in [0.05, 0.1) is 6.17 Å². The molecule has 1 aromatic carbocycles. The number of benzene rings is 1. The van der Waals surface area contributed by atoms with Gasteiger partial charge in [-0.2, -0.15) is 0 Å². The highest BCUT2D eigenvalue weighted by Crippen LogP contribution is 2.35. The first-order chi connectivity index (χ1) is 6.74. The molecule has 14 heavy (non-hydrogen) atoms. The summed E-state index contributed by atoms with van der Waals surface area (Å²) in [6.07, 6.45) is 1.66. The molecule has 0 saturated heterocycles. The molecule has 0 bridgehead atoms. The van der Waals surface area contributed by atoms with Crippen LogP contribution in [0.15, 0.2) is 24.3 Å². The summed E-state index contributed by atoms with van der Waals surface area (Å²) in [7, 11) is 4.19. The van der Waals surface area contributed by atoms with Gasteiger partial charge in [-0.1, -0.05) is 25.1 Å². The Morgan fingerprint density at radius 1 is 1.36 bits per heavy atom. The summed E-state index contributed by atoms with van der Waals surface area (Å²) < 4.78 is 0. The highest BCUT2D eigenvalue weighted by molar-refractivity contribution is 5.57. The zero-order chi connectivity index (χ0) is 10.1. The zero-order valence-corrected chi connectivity index (χ0v) is 9.12. The molecular weight excluding hydrogens is 172 g/mol. The second-order valence-electron chi connectivity index (χ2n) is 4.11. The molecule has 0 amide bonds. The smallest absolute Gasteiger partial charge is 0.0795 e. The van der Waals surface area contributed by atoms with Gasteiger partial charge in [-0.3, -0.25) is 0 Å². The van der Waals surface area contributed by atoms with E-state index in [4.69, 9.17) is 0 Å². The molecule has 1 aliphatic heterocycles. The van der Waals surface area contributed by atoms with Crippen LogP contribution in [0, 0.1) is 0 Å². The Morgan fingerprint density at radius 2 is 2.07 bits per heavy atom. The number of para-hydroxylation sites is 1. The molecule has 0 saturated carbocycles. The fourth-order valence-electron chi connectivity index (χ4n) is 2.32. The number of hydrogen-bond donors (Lipinski definition) is 1. The van der Waals surface area contributed by atoms with E-state index in [1.165, 1.54) is 17.7 Å². The SMILES string of the molecule is CNC1CC(C)c2ccccc2N1C. The standard InChI is InChI=1S/C12H18N2/c1-9-8-12(13-2)14(3)11-7-5-4-6-10(9)11/h4-7,9,12-13H,8H2,1-3H3. The second kappa shape index (κ2) is 3.62. The third kappa shape index (κ3) is 1.40. The van der Waals surface area contributed by atoms with E-state index in [2.05, 4.69) is 48.5 Å². The van der Waals surface area contributed by atoms with Crippen molar-refractivity contribution in [2.75, 3.05) is 19.0 Å². The van der Waals surface area contributed by atoms with Crippen LogP contribution in [0.1, 0.15) is 24.8 Å². The minimum atomic E-state index is 0.472. The summed E-state index contributed by atoms with van der Waals surface area (Å²) in [5.74, 6) is 0.653. The highest BCUT2D eigenvalue weighted by Gasteiger charge is 2.26. The van der Waals surface area contributed by atoms with Crippen LogP contribution in [0.25, 0.3) is 0 Å². The summed E-state index contributed by atoms with van der Waals surface area (Å²) in [6.45, 7) is 2.30. The first-order valence-corrected chi connectivity index (χ1v) is 5.23. The fourth-order valence-corrected chi connectivity index (χ4v) is 2.32. The highest BCUT2D eigenvalue weighted by atomic mass is 15.3. The Morgan fingerprint density at radius 3 is 2.79 bits per heavy atom. The summed E-state index contributed by atoms with van der Waals surface area (Å²) in [6, 6.07) is 8.68. The predicted octanol–water partition coefficient (Wildman–Crippen LogP) is 2.18. The van der Waals surface area contributed by atoms with Crippen LogP contribution in [0.3, 0.4) is 0 Å². The van der Waals surface area contributed by atoms with Crippen molar-refractivity contribution in [3.05, 3.63) is 29.8 Å². The monoisotopic (exact) mass is 190 g/mol. The predicted molar refractivity (Wildman–Crippen MR) is 60.7 cm³/mol. The first-order valence-electron chi connectivity index (χ1n) is 5.23. The molecule has 0 aliphatic carbocycles. The van der Waals surface area contributed by atoms with Gasteiger partial charge in [-0.15, -0.1) is 0 Å². The number of anilines is 1. The van der Waals surface area contributed by atoms with Crippen molar-refractivity contribution in [3.8, 4) is 0 Å². The van der Waals surface area contributed by atoms with Crippen LogP contribution in [-0.4, -0.2) is 20.3 Å². The minimum Gasteiger partial charge on any atom is -0.359 e. The van der Waals surface area contributed by atoms with E-state index in [1.54, 1.807) is 0 Å². The minimum absolute atomic E-state index is 0.472. The maximum Gasteiger partial charge on any atom is 0.0795 e. The van der Waals surface area contributed by atoms with Gasteiger partial charge >= 0.3 is 0 Å². The van der Waals surface area contributed by atoms with Gasteiger partial charge < -0.3 is 10.2 Å². The maximum atomic E-state index is 3.35. The second-order valence-corrected chi connectivity index (χ2v) is 4.11. The Bertz CT molecular complexity index is 322. The van der Waals surface area contributed by atoms with Crippen LogP contribution < -0.4 is 10.2 Å². The van der Waals surface area contributed by atoms with Gasteiger partial charge in [-0.05, 0) is 31.0 Å². The van der Waals surface area contributed by atoms with Crippen LogP contribution in [-0.2, 0) is 0 Å².